The Morgan fingerprint density at radius 3 is 2.92 bits per heavy atom. The Hall–Kier alpha value is -0.550. The summed E-state index contributed by atoms with van der Waals surface area (Å²) in [5.41, 5.74) is 0. The fourth-order valence-corrected chi connectivity index (χ4v) is 1.73. The molecule has 0 aromatic carbocycles. The molecule has 0 saturated heterocycles. The van der Waals surface area contributed by atoms with Crippen molar-refractivity contribution >= 4 is 11.8 Å². The normalized spacial score (nSPS) is 13.2. The smallest absolute Gasteiger partial charge is 0.223 e. The number of hydrogen-bond donors (Lipinski definition) is 1. The molecule has 1 atom stereocenters. The van der Waals surface area contributed by atoms with Crippen molar-refractivity contribution in [2.24, 2.45) is 5.92 Å². The lowest BCUT2D eigenvalue weighted by Crippen LogP contribution is -2.03. The molecule has 1 heterocycles. The number of aliphatic hydroxyl groups excluding tert-OH is 1. The molecule has 1 N–H and O–H groups in total. The zero-order valence-corrected chi connectivity index (χ0v) is 8.67. The molecule has 0 amide bonds. The molecule has 1 aromatic rings. The highest BCUT2D eigenvalue weighted by Gasteiger charge is 2.04. The van der Waals surface area contributed by atoms with E-state index in [1.165, 1.54) is 0 Å². The summed E-state index contributed by atoms with van der Waals surface area (Å²) in [7, 11) is 0. The third-order valence-electron chi connectivity index (χ3n) is 1.51. The number of nitrogens with zero attached hydrogens (tertiary/aromatic N) is 2. The van der Waals surface area contributed by atoms with Crippen LogP contribution in [0.2, 0.25) is 0 Å². The summed E-state index contributed by atoms with van der Waals surface area (Å²) in [6.07, 6.45) is 0. The average Bonchev–Trinajstić information content (AvgIpc) is 2.51. The highest BCUT2D eigenvalue weighted by molar-refractivity contribution is 7.98. The van der Waals surface area contributed by atoms with Crippen LogP contribution in [0.1, 0.15) is 18.6 Å². The Bertz CT molecular complexity index is 252. The van der Waals surface area contributed by atoms with Crippen molar-refractivity contribution in [3.05, 3.63) is 11.7 Å². The second kappa shape index (κ2) is 5.24. The molecule has 0 unspecified atom stereocenters. The number of aryl methyl sites for hydroxylation is 1. The van der Waals surface area contributed by atoms with E-state index < -0.39 is 0 Å². The lowest BCUT2D eigenvalue weighted by molar-refractivity contribution is 0.250. The molecule has 4 nitrogen and oxygen atoms in total. The van der Waals surface area contributed by atoms with E-state index in [1.807, 2.05) is 6.92 Å². The van der Waals surface area contributed by atoms with E-state index in [0.717, 1.165) is 17.3 Å². The maximum absolute atomic E-state index is 8.77. The number of aromatic nitrogens is 2. The summed E-state index contributed by atoms with van der Waals surface area (Å²) in [5.74, 6) is 3.34. The fourth-order valence-electron chi connectivity index (χ4n) is 0.804. The maximum Gasteiger partial charge on any atom is 0.223 e. The first-order chi connectivity index (χ1) is 6.22. The molecule has 5 heteroatoms. The van der Waals surface area contributed by atoms with Gasteiger partial charge in [0.25, 0.3) is 0 Å². The minimum atomic E-state index is 0.234. The Morgan fingerprint density at radius 2 is 2.38 bits per heavy atom. The Balaban J connectivity index is 2.20. The van der Waals surface area contributed by atoms with Gasteiger partial charge in [0, 0.05) is 13.5 Å². The van der Waals surface area contributed by atoms with Crippen LogP contribution >= 0.6 is 11.8 Å². The maximum atomic E-state index is 8.77. The summed E-state index contributed by atoms with van der Waals surface area (Å²) in [4.78, 5) is 4.07. The van der Waals surface area contributed by atoms with Crippen molar-refractivity contribution in [3.8, 4) is 0 Å². The summed E-state index contributed by atoms with van der Waals surface area (Å²) in [6, 6.07) is 0. The lowest BCUT2D eigenvalue weighted by atomic mass is 10.2. The quantitative estimate of drug-likeness (QED) is 0.778. The van der Waals surface area contributed by atoms with Gasteiger partial charge in [-0.3, -0.25) is 0 Å². The summed E-state index contributed by atoms with van der Waals surface area (Å²) < 4.78 is 4.82. The molecule has 0 fully saturated rings. The zero-order valence-electron chi connectivity index (χ0n) is 7.86. The van der Waals surface area contributed by atoms with Crippen LogP contribution in [0.5, 0.6) is 0 Å². The summed E-state index contributed by atoms with van der Waals surface area (Å²) in [5, 5.41) is 12.5. The largest absolute Gasteiger partial charge is 0.396 e. The van der Waals surface area contributed by atoms with E-state index in [4.69, 9.17) is 9.63 Å². The van der Waals surface area contributed by atoms with E-state index >= 15 is 0 Å². The van der Waals surface area contributed by atoms with E-state index in [9.17, 15) is 0 Å². The van der Waals surface area contributed by atoms with Gasteiger partial charge < -0.3 is 9.63 Å². The third-order valence-corrected chi connectivity index (χ3v) is 2.78. The van der Waals surface area contributed by atoms with Gasteiger partial charge in [0.15, 0.2) is 5.82 Å². The number of thioether (sulfide) groups is 1. The van der Waals surface area contributed by atoms with Gasteiger partial charge in [-0.05, 0) is 11.7 Å². The van der Waals surface area contributed by atoms with Crippen molar-refractivity contribution < 1.29 is 9.63 Å². The molecule has 0 spiro atoms. The topological polar surface area (TPSA) is 59.2 Å². The van der Waals surface area contributed by atoms with Crippen LogP contribution in [0.4, 0.5) is 0 Å². The third kappa shape index (κ3) is 3.78. The van der Waals surface area contributed by atoms with Gasteiger partial charge in [0.05, 0.1) is 5.75 Å². The first-order valence-electron chi connectivity index (χ1n) is 4.20. The van der Waals surface area contributed by atoms with Crippen molar-refractivity contribution in [1.82, 2.24) is 10.1 Å². The van der Waals surface area contributed by atoms with Crippen LogP contribution in [-0.4, -0.2) is 27.6 Å². The van der Waals surface area contributed by atoms with Crippen LogP contribution < -0.4 is 0 Å². The van der Waals surface area contributed by atoms with Gasteiger partial charge in [-0.15, -0.1) is 0 Å². The van der Waals surface area contributed by atoms with Crippen molar-refractivity contribution in [2.75, 3.05) is 12.4 Å². The van der Waals surface area contributed by atoms with Crippen molar-refractivity contribution in [1.29, 1.82) is 0 Å². The second-order valence-corrected chi connectivity index (χ2v) is 4.06. The van der Waals surface area contributed by atoms with Crippen LogP contribution in [0.3, 0.4) is 0 Å². The molecular weight excluding hydrogens is 188 g/mol. The lowest BCUT2D eigenvalue weighted by Gasteiger charge is -2.04. The zero-order chi connectivity index (χ0) is 9.68. The van der Waals surface area contributed by atoms with Gasteiger partial charge in [-0.25, -0.2) is 0 Å². The molecule has 0 aliphatic heterocycles. The van der Waals surface area contributed by atoms with Gasteiger partial charge >= 0.3 is 0 Å². The molecule has 0 aliphatic carbocycles. The van der Waals surface area contributed by atoms with Gasteiger partial charge in [-0.2, -0.15) is 16.7 Å². The molecule has 1 rings (SSSR count). The average molecular weight is 202 g/mol. The van der Waals surface area contributed by atoms with E-state index in [2.05, 4.69) is 10.1 Å². The molecule has 1 aromatic heterocycles. The standard InChI is InChI=1S/C8H14N2O2S/c1-6(3-11)4-13-5-8-9-7(2)12-10-8/h6,11H,3-5H2,1-2H3/t6-/m0/s1. The molecule has 0 bridgehead atoms. The second-order valence-electron chi connectivity index (χ2n) is 3.03. The summed E-state index contributed by atoms with van der Waals surface area (Å²) in [6.45, 7) is 4.02. The first kappa shape index (κ1) is 10.5. The SMILES string of the molecule is Cc1nc(CSC[C@@H](C)CO)no1. The number of hydrogen-bond acceptors (Lipinski definition) is 5. The van der Waals surface area contributed by atoms with E-state index in [-0.39, 0.29) is 6.61 Å². The summed E-state index contributed by atoms with van der Waals surface area (Å²) >= 11 is 1.71. The van der Waals surface area contributed by atoms with Crippen molar-refractivity contribution in [2.45, 2.75) is 19.6 Å². The molecule has 13 heavy (non-hydrogen) atoms. The minimum Gasteiger partial charge on any atom is -0.396 e. The predicted molar refractivity (Wildman–Crippen MR) is 51.4 cm³/mol. The molecule has 0 aliphatic rings. The molecule has 0 radical (unpaired) electrons. The number of rotatable bonds is 5. The Kier molecular flexibility index (Phi) is 4.24. The van der Waals surface area contributed by atoms with E-state index in [1.54, 1.807) is 18.7 Å². The number of aliphatic hydroxyl groups is 1. The first-order valence-corrected chi connectivity index (χ1v) is 5.35. The molecule has 74 valence electrons. The minimum absolute atomic E-state index is 0.234. The van der Waals surface area contributed by atoms with Crippen LogP contribution in [0.15, 0.2) is 4.52 Å². The van der Waals surface area contributed by atoms with Crippen molar-refractivity contribution in [3.63, 3.8) is 0 Å². The highest BCUT2D eigenvalue weighted by Crippen LogP contribution is 2.12. The predicted octanol–water partition coefficient (Wildman–Crippen LogP) is 1.24. The van der Waals surface area contributed by atoms with Gasteiger partial charge in [-0.1, -0.05) is 12.1 Å². The molecule has 0 saturated carbocycles. The highest BCUT2D eigenvalue weighted by atomic mass is 32.2. The van der Waals surface area contributed by atoms with Crippen LogP contribution in [-0.2, 0) is 5.75 Å². The Labute approximate surface area is 81.7 Å². The fraction of sp³-hybridized carbons (Fsp3) is 0.750. The van der Waals surface area contributed by atoms with E-state index in [0.29, 0.717) is 11.8 Å². The van der Waals surface area contributed by atoms with Crippen LogP contribution in [0.25, 0.3) is 0 Å². The van der Waals surface area contributed by atoms with Gasteiger partial charge in [0.1, 0.15) is 0 Å². The van der Waals surface area contributed by atoms with Gasteiger partial charge in [0.2, 0.25) is 5.89 Å². The Morgan fingerprint density at radius 1 is 1.62 bits per heavy atom. The molecular formula is C8H14N2O2S. The van der Waals surface area contributed by atoms with Crippen LogP contribution in [0, 0.1) is 12.8 Å². The monoisotopic (exact) mass is 202 g/mol.